The van der Waals surface area contributed by atoms with Gasteiger partial charge in [-0.15, -0.1) is 0 Å². The molecule has 0 saturated heterocycles. The highest BCUT2D eigenvalue weighted by atomic mass is 16.1. The fraction of sp³-hybridized carbons (Fsp3) is 0.533. The van der Waals surface area contributed by atoms with Crippen LogP contribution in [0.3, 0.4) is 0 Å². The first-order valence-corrected chi connectivity index (χ1v) is 7.54. The first kappa shape index (κ1) is 12.8. The van der Waals surface area contributed by atoms with Crippen molar-refractivity contribution in [2.24, 2.45) is 0 Å². The summed E-state index contributed by atoms with van der Waals surface area (Å²) in [7, 11) is 0. The zero-order valence-electron chi connectivity index (χ0n) is 12.1. The van der Waals surface area contributed by atoms with Crippen molar-refractivity contribution in [1.82, 2.24) is 25.1 Å². The van der Waals surface area contributed by atoms with Crippen LogP contribution in [0, 0.1) is 6.92 Å². The molecule has 1 aliphatic heterocycles. The Balaban J connectivity index is 1.55. The Morgan fingerprint density at radius 2 is 2.29 bits per heavy atom. The van der Waals surface area contributed by atoms with E-state index in [1.807, 2.05) is 13.0 Å². The number of aromatic amines is 2. The number of hydrogen-bond donors (Lipinski definition) is 2. The third-order valence-electron chi connectivity index (χ3n) is 4.27. The number of H-pyrrole nitrogens is 2. The fourth-order valence-electron chi connectivity index (χ4n) is 2.97. The summed E-state index contributed by atoms with van der Waals surface area (Å²) >= 11 is 0. The van der Waals surface area contributed by atoms with E-state index in [0.717, 1.165) is 60.8 Å². The van der Waals surface area contributed by atoms with Crippen molar-refractivity contribution >= 4 is 0 Å². The highest BCUT2D eigenvalue weighted by Gasteiger charge is 2.29. The summed E-state index contributed by atoms with van der Waals surface area (Å²) in [6.45, 7) is 4.36. The van der Waals surface area contributed by atoms with Gasteiger partial charge in [0.25, 0.3) is 5.56 Å². The maximum atomic E-state index is 12.3. The van der Waals surface area contributed by atoms with E-state index in [4.69, 9.17) is 0 Å². The molecule has 0 atom stereocenters. The van der Waals surface area contributed by atoms with Gasteiger partial charge < -0.3 is 4.98 Å². The average Bonchev–Trinajstić information content (AvgIpc) is 3.24. The van der Waals surface area contributed by atoms with Crippen LogP contribution < -0.4 is 5.56 Å². The molecular formula is C15H19N5O. The molecule has 2 aromatic rings. The Morgan fingerprint density at radius 1 is 1.43 bits per heavy atom. The van der Waals surface area contributed by atoms with Crippen LogP contribution in [0.5, 0.6) is 0 Å². The third-order valence-corrected chi connectivity index (χ3v) is 4.27. The van der Waals surface area contributed by atoms with Gasteiger partial charge in [-0.05, 0) is 25.8 Å². The van der Waals surface area contributed by atoms with Crippen molar-refractivity contribution in [3.05, 3.63) is 44.9 Å². The monoisotopic (exact) mass is 285 g/mol. The Bertz CT molecular complexity index is 728. The number of nitrogens with zero attached hydrogens (tertiary/aromatic N) is 3. The molecule has 2 N–H and O–H groups in total. The molecular weight excluding hydrogens is 266 g/mol. The lowest BCUT2D eigenvalue weighted by Crippen LogP contribution is -2.35. The lowest BCUT2D eigenvalue weighted by Gasteiger charge is -2.26. The molecule has 0 amide bonds. The maximum Gasteiger partial charge on any atom is 0.255 e. The molecule has 3 heterocycles. The second kappa shape index (κ2) is 4.80. The predicted octanol–water partition coefficient (Wildman–Crippen LogP) is 1.24. The molecule has 0 unspecified atom stereocenters. The topological polar surface area (TPSA) is 77.7 Å². The van der Waals surface area contributed by atoms with Gasteiger partial charge in [0.2, 0.25) is 0 Å². The van der Waals surface area contributed by atoms with Crippen LogP contribution in [0.4, 0.5) is 0 Å². The van der Waals surface area contributed by atoms with Gasteiger partial charge in [0.05, 0.1) is 17.0 Å². The van der Waals surface area contributed by atoms with E-state index < -0.39 is 0 Å². The van der Waals surface area contributed by atoms with E-state index in [-0.39, 0.29) is 5.56 Å². The number of hydrogen-bond acceptors (Lipinski definition) is 4. The molecule has 6 nitrogen and oxygen atoms in total. The second-order valence-corrected chi connectivity index (χ2v) is 6.15. The van der Waals surface area contributed by atoms with Crippen molar-refractivity contribution in [1.29, 1.82) is 0 Å². The minimum atomic E-state index is 0.0461. The van der Waals surface area contributed by atoms with E-state index in [9.17, 15) is 4.79 Å². The second-order valence-electron chi connectivity index (χ2n) is 6.15. The summed E-state index contributed by atoms with van der Waals surface area (Å²) in [5, 5.41) is 7.22. The van der Waals surface area contributed by atoms with E-state index in [1.165, 1.54) is 0 Å². The number of nitrogens with one attached hydrogen (secondary N) is 2. The molecule has 4 rings (SSSR count). The number of fused-ring (bicyclic) bond motifs is 1. The lowest BCUT2D eigenvalue weighted by molar-refractivity contribution is 0.238. The minimum Gasteiger partial charge on any atom is -0.310 e. The zero-order chi connectivity index (χ0) is 14.4. The molecule has 6 heteroatoms. The summed E-state index contributed by atoms with van der Waals surface area (Å²) in [4.78, 5) is 22.2. The van der Waals surface area contributed by atoms with Gasteiger partial charge in [-0.2, -0.15) is 5.10 Å². The highest BCUT2D eigenvalue weighted by Crippen LogP contribution is 2.37. The van der Waals surface area contributed by atoms with Crippen LogP contribution >= 0.6 is 0 Å². The van der Waals surface area contributed by atoms with Crippen molar-refractivity contribution in [2.75, 3.05) is 6.54 Å². The molecule has 110 valence electrons. The summed E-state index contributed by atoms with van der Waals surface area (Å²) in [6, 6.07) is 2.05. The number of aryl methyl sites for hydroxylation is 1. The smallest absolute Gasteiger partial charge is 0.255 e. The van der Waals surface area contributed by atoms with Crippen LogP contribution in [0.2, 0.25) is 0 Å². The van der Waals surface area contributed by atoms with Gasteiger partial charge in [0, 0.05) is 37.7 Å². The van der Waals surface area contributed by atoms with Gasteiger partial charge >= 0.3 is 0 Å². The van der Waals surface area contributed by atoms with Gasteiger partial charge in [-0.1, -0.05) is 0 Å². The van der Waals surface area contributed by atoms with Gasteiger partial charge in [0.15, 0.2) is 0 Å². The molecule has 0 bridgehead atoms. The normalized spacial score (nSPS) is 18.7. The zero-order valence-corrected chi connectivity index (χ0v) is 12.1. The summed E-state index contributed by atoms with van der Waals surface area (Å²) < 4.78 is 0. The van der Waals surface area contributed by atoms with Gasteiger partial charge in [-0.25, -0.2) is 4.98 Å². The average molecular weight is 285 g/mol. The molecule has 2 aliphatic rings. The molecule has 1 aliphatic carbocycles. The van der Waals surface area contributed by atoms with Crippen molar-refractivity contribution in [3.63, 3.8) is 0 Å². The summed E-state index contributed by atoms with van der Waals surface area (Å²) in [5.41, 5.74) is 3.96. The third kappa shape index (κ3) is 2.51. The Labute approximate surface area is 122 Å². The van der Waals surface area contributed by atoms with Gasteiger partial charge in [-0.3, -0.25) is 14.8 Å². The molecule has 21 heavy (non-hydrogen) atoms. The number of rotatable bonds is 3. The molecule has 1 fully saturated rings. The van der Waals surface area contributed by atoms with E-state index in [2.05, 4.69) is 25.1 Å². The van der Waals surface area contributed by atoms with E-state index in [0.29, 0.717) is 12.5 Å². The molecule has 2 aromatic heterocycles. The maximum absolute atomic E-state index is 12.3. The SMILES string of the molecule is Cc1cc(CN2CCc3nc(C4CC4)[nH]c(=O)c3C2)n[nH]1. The lowest BCUT2D eigenvalue weighted by atomic mass is 10.1. The van der Waals surface area contributed by atoms with Crippen LogP contribution in [0.1, 0.15) is 47.2 Å². The molecule has 0 spiro atoms. The van der Waals surface area contributed by atoms with Crippen LogP contribution in [-0.4, -0.2) is 31.6 Å². The summed E-state index contributed by atoms with van der Waals surface area (Å²) in [5.74, 6) is 1.39. The molecule has 1 saturated carbocycles. The Kier molecular flexibility index (Phi) is 2.92. The van der Waals surface area contributed by atoms with Crippen LogP contribution in [-0.2, 0) is 19.5 Å². The Morgan fingerprint density at radius 3 is 3.00 bits per heavy atom. The minimum absolute atomic E-state index is 0.0461. The quantitative estimate of drug-likeness (QED) is 0.889. The fourth-order valence-corrected chi connectivity index (χ4v) is 2.97. The van der Waals surface area contributed by atoms with E-state index >= 15 is 0 Å². The molecule has 0 aromatic carbocycles. The van der Waals surface area contributed by atoms with Crippen molar-refractivity contribution in [2.45, 2.75) is 45.2 Å². The first-order chi connectivity index (χ1) is 10.2. The highest BCUT2D eigenvalue weighted by molar-refractivity contribution is 5.23. The largest absolute Gasteiger partial charge is 0.310 e. The summed E-state index contributed by atoms with van der Waals surface area (Å²) in [6.07, 6.45) is 3.17. The van der Waals surface area contributed by atoms with E-state index in [1.54, 1.807) is 0 Å². The van der Waals surface area contributed by atoms with Crippen molar-refractivity contribution < 1.29 is 0 Å². The predicted molar refractivity (Wildman–Crippen MR) is 78.0 cm³/mol. The van der Waals surface area contributed by atoms with Crippen LogP contribution in [0.15, 0.2) is 10.9 Å². The Hall–Kier alpha value is -1.95. The van der Waals surface area contributed by atoms with Gasteiger partial charge in [0.1, 0.15) is 5.82 Å². The standard InChI is InChI=1S/C15H19N5O/c1-9-6-11(19-18-9)7-20-5-4-13-12(8-20)15(21)17-14(16-13)10-2-3-10/h6,10H,2-5,7-8H2,1H3,(H,18,19)(H,16,17,21). The van der Waals surface area contributed by atoms with Crippen LogP contribution in [0.25, 0.3) is 0 Å². The number of aromatic nitrogens is 4. The molecule has 0 radical (unpaired) electrons. The first-order valence-electron chi connectivity index (χ1n) is 7.54. The van der Waals surface area contributed by atoms with Crippen molar-refractivity contribution in [3.8, 4) is 0 Å².